The summed E-state index contributed by atoms with van der Waals surface area (Å²) in [6, 6.07) is 5.34. The molecule has 1 aromatic rings. The number of carbonyl (C=O) groups is 1. The van der Waals surface area contributed by atoms with Gasteiger partial charge in [-0.1, -0.05) is 43.7 Å². The molecule has 0 fully saturated rings. The minimum atomic E-state index is -1.26. The highest BCUT2D eigenvalue weighted by molar-refractivity contribution is 5.91. The van der Waals surface area contributed by atoms with E-state index >= 15 is 0 Å². The van der Waals surface area contributed by atoms with Gasteiger partial charge in [0.15, 0.2) is 0 Å². The minimum Gasteiger partial charge on any atom is -0.477 e. The van der Waals surface area contributed by atoms with Gasteiger partial charge in [-0.05, 0) is 40.8 Å². The maximum atomic E-state index is 10.7. The zero-order valence-corrected chi connectivity index (χ0v) is 13.6. The number of hydrogen-bond donors (Lipinski definition) is 3. The molecule has 0 aliphatic rings. The lowest BCUT2D eigenvalue weighted by Gasteiger charge is -2.11. The second-order valence-electron chi connectivity index (χ2n) is 5.13. The Kier molecular flexibility index (Phi) is 8.20. The van der Waals surface area contributed by atoms with E-state index in [1.807, 2.05) is 18.2 Å². The quantitative estimate of drug-likeness (QED) is 0.387. The fourth-order valence-electron chi connectivity index (χ4n) is 2.23. The zero-order valence-electron chi connectivity index (χ0n) is 13.6. The second kappa shape index (κ2) is 10.2. The standard InChI is InChI=1S/C19H21NO4/c1-2-6-14-9-17(12-21)18(13-22)10-15(14)7-4-3-5-8-16(11-20)19(23)24/h3-5,7-10,21-22H,2,6,12-13H2,1H3,(H,23,24). The maximum Gasteiger partial charge on any atom is 0.346 e. The fraction of sp³-hybridized carbons (Fsp3) is 0.263. The molecule has 0 amide bonds. The van der Waals surface area contributed by atoms with Crippen LogP contribution in [0.2, 0.25) is 0 Å². The van der Waals surface area contributed by atoms with Gasteiger partial charge in [0.05, 0.1) is 13.2 Å². The maximum absolute atomic E-state index is 10.7. The first-order valence-electron chi connectivity index (χ1n) is 7.62. The summed E-state index contributed by atoms with van der Waals surface area (Å²) >= 11 is 0. The van der Waals surface area contributed by atoms with Crippen LogP contribution in [0.4, 0.5) is 0 Å². The number of aliphatic carboxylic acids is 1. The molecule has 5 heteroatoms. The van der Waals surface area contributed by atoms with E-state index in [1.165, 1.54) is 12.2 Å². The molecule has 0 saturated heterocycles. The zero-order chi connectivity index (χ0) is 17.9. The number of aliphatic hydroxyl groups excluding tert-OH is 2. The van der Waals surface area contributed by atoms with Gasteiger partial charge in [0, 0.05) is 0 Å². The third-order valence-corrected chi connectivity index (χ3v) is 3.43. The van der Waals surface area contributed by atoms with Crippen LogP contribution in [0, 0.1) is 11.3 Å². The largest absolute Gasteiger partial charge is 0.477 e. The summed E-state index contributed by atoms with van der Waals surface area (Å²) in [5, 5.41) is 36.1. The Labute approximate surface area is 141 Å². The number of benzene rings is 1. The Bertz CT molecular complexity index is 709. The van der Waals surface area contributed by atoms with E-state index in [0.29, 0.717) is 5.56 Å². The van der Waals surface area contributed by atoms with E-state index in [4.69, 9.17) is 10.4 Å². The van der Waals surface area contributed by atoms with E-state index in [-0.39, 0.29) is 18.8 Å². The Balaban J connectivity index is 3.04. The van der Waals surface area contributed by atoms with Crippen molar-refractivity contribution >= 4 is 12.0 Å². The van der Waals surface area contributed by atoms with Gasteiger partial charge in [-0.2, -0.15) is 5.26 Å². The molecule has 0 atom stereocenters. The van der Waals surface area contributed by atoms with Crippen LogP contribution in [0.1, 0.15) is 35.6 Å². The highest BCUT2D eigenvalue weighted by Crippen LogP contribution is 2.20. The molecule has 0 bridgehead atoms. The Morgan fingerprint density at radius 3 is 2.33 bits per heavy atom. The number of nitriles is 1. The van der Waals surface area contributed by atoms with Crippen molar-refractivity contribution in [3.05, 3.63) is 64.3 Å². The molecule has 3 N–H and O–H groups in total. The van der Waals surface area contributed by atoms with Crippen LogP contribution < -0.4 is 0 Å². The number of nitrogens with zero attached hydrogens (tertiary/aromatic N) is 1. The SMILES string of the molecule is CCCc1cc(CO)c(CO)cc1C=CC=CC=C(C#N)C(=O)O. The molecule has 0 aromatic heterocycles. The summed E-state index contributed by atoms with van der Waals surface area (Å²) in [6.07, 6.45) is 9.73. The van der Waals surface area contributed by atoms with E-state index < -0.39 is 5.97 Å². The van der Waals surface area contributed by atoms with Crippen molar-refractivity contribution in [1.29, 1.82) is 5.26 Å². The first-order valence-corrected chi connectivity index (χ1v) is 7.62. The van der Waals surface area contributed by atoms with Crippen LogP contribution in [0.3, 0.4) is 0 Å². The number of allylic oxidation sites excluding steroid dienone is 4. The van der Waals surface area contributed by atoms with Gasteiger partial charge in [0.25, 0.3) is 0 Å². The van der Waals surface area contributed by atoms with Gasteiger partial charge in [-0.25, -0.2) is 4.79 Å². The smallest absolute Gasteiger partial charge is 0.346 e. The number of rotatable bonds is 8. The summed E-state index contributed by atoms with van der Waals surface area (Å²) in [4.78, 5) is 10.7. The molecular weight excluding hydrogens is 306 g/mol. The highest BCUT2D eigenvalue weighted by atomic mass is 16.4. The number of aryl methyl sites for hydroxylation is 1. The lowest BCUT2D eigenvalue weighted by Crippen LogP contribution is -1.99. The summed E-state index contributed by atoms with van der Waals surface area (Å²) < 4.78 is 0. The average molecular weight is 327 g/mol. The highest BCUT2D eigenvalue weighted by Gasteiger charge is 2.07. The van der Waals surface area contributed by atoms with E-state index in [0.717, 1.165) is 29.5 Å². The molecule has 1 aromatic carbocycles. The Hall–Kier alpha value is -2.68. The van der Waals surface area contributed by atoms with Crippen LogP contribution in [0.5, 0.6) is 0 Å². The third kappa shape index (κ3) is 5.51. The molecule has 0 saturated carbocycles. The Morgan fingerprint density at radius 2 is 1.79 bits per heavy atom. The molecule has 126 valence electrons. The van der Waals surface area contributed by atoms with Gasteiger partial charge < -0.3 is 15.3 Å². The summed E-state index contributed by atoms with van der Waals surface area (Å²) in [6.45, 7) is 1.80. The van der Waals surface area contributed by atoms with Crippen molar-refractivity contribution in [2.75, 3.05) is 0 Å². The van der Waals surface area contributed by atoms with Crippen molar-refractivity contribution < 1.29 is 20.1 Å². The molecule has 0 aliphatic heterocycles. The van der Waals surface area contributed by atoms with Gasteiger partial charge in [0.2, 0.25) is 0 Å². The lowest BCUT2D eigenvalue weighted by molar-refractivity contribution is -0.132. The van der Waals surface area contributed by atoms with E-state index in [1.54, 1.807) is 18.2 Å². The van der Waals surface area contributed by atoms with E-state index in [2.05, 4.69) is 6.92 Å². The number of aliphatic hydroxyl groups is 2. The number of hydrogen-bond acceptors (Lipinski definition) is 4. The van der Waals surface area contributed by atoms with Gasteiger partial charge >= 0.3 is 5.97 Å². The van der Waals surface area contributed by atoms with Crippen LogP contribution in [0.15, 0.2) is 42.0 Å². The topological polar surface area (TPSA) is 102 Å². The number of carboxylic acids is 1. The van der Waals surface area contributed by atoms with Crippen LogP contribution >= 0.6 is 0 Å². The predicted molar refractivity (Wildman–Crippen MR) is 91.8 cm³/mol. The normalized spacial score (nSPS) is 12.0. The van der Waals surface area contributed by atoms with Crippen molar-refractivity contribution in [2.24, 2.45) is 0 Å². The molecule has 5 nitrogen and oxygen atoms in total. The van der Waals surface area contributed by atoms with Crippen LogP contribution in [-0.2, 0) is 24.4 Å². The molecule has 0 unspecified atom stereocenters. The van der Waals surface area contributed by atoms with Gasteiger partial charge in [-0.15, -0.1) is 0 Å². The number of carboxylic acid groups (broad SMARTS) is 1. The molecule has 24 heavy (non-hydrogen) atoms. The monoisotopic (exact) mass is 327 g/mol. The predicted octanol–water partition coefficient (Wildman–Crippen LogP) is 2.73. The molecule has 0 spiro atoms. The van der Waals surface area contributed by atoms with Gasteiger partial charge in [-0.3, -0.25) is 0 Å². The van der Waals surface area contributed by atoms with E-state index in [9.17, 15) is 15.0 Å². The van der Waals surface area contributed by atoms with Gasteiger partial charge in [0.1, 0.15) is 11.6 Å². The van der Waals surface area contributed by atoms with Crippen LogP contribution in [0.25, 0.3) is 6.08 Å². The molecular formula is C19H21NO4. The second-order valence-corrected chi connectivity index (χ2v) is 5.13. The molecule has 0 aliphatic carbocycles. The molecule has 1 rings (SSSR count). The average Bonchev–Trinajstić information content (AvgIpc) is 2.58. The fourth-order valence-corrected chi connectivity index (χ4v) is 2.23. The van der Waals surface area contributed by atoms with Crippen molar-refractivity contribution in [2.45, 2.75) is 33.0 Å². The first-order chi connectivity index (χ1) is 11.6. The Morgan fingerprint density at radius 1 is 1.12 bits per heavy atom. The molecule has 0 heterocycles. The third-order valence-electron chi connectivity index (χ3n) is 3.43. The minimum absolute atomic E-state index is 0.118. The van der Waals surface area contributed by atoms with Crippen molar-refractivity contribution in [1.82, 2.24) is 0 Å². The summed E-state index contributed by atoms with van der Waals surface area (Å²) in [5.74, 6) is -1.26. The lowest BCUT2D eigenvalue weighted by atomic mass is 9.96. The summed E-state index contributed by atoms with van der Waals surface area (Å²) in [5.41, 5.74) is 3.07. The summed E-state index contributed by atoms with van der Waals surface area (Å²) in [7, 11) is 0. The molecule has 0 radical (unpaired) electrons. The van der Waals surface area contributed by atoms with Crippen LogP contribution in [-0.4, -0.2) is 21.3 Å². The first kappa shape index (κ1) is 19.4. The van der Waals surface area contributed by atoms with Crippen molar-refractivity contribution in [3.8, 4) is 6.07 Å². The van der Waals surface area contributed by atoms with Crippen molar-refractivity contribution in [3.63, 3.8) is 0 Å².